The number of para-hydroxylation sites is 1. The smallest absolute Gasteiger partial charge is 0.141 e. The summed E-state index contributed by atoms with van der Waals surface area (Å²) in [6.45, 7) is 1.91. The number of benzene rings is 1. The molecule has 0 fully saturated rings. The molecule has 64 valence electrons. The summed E-state index contributed by atoms with van der Waals surface area (Å²) in [7, 11) is 0. The standard InChI is InChI=1S/C10H9NO.B.Li/c1-7-5-6-8-3-2-4-9(12)10(8)11-7;;/h2-6,12H,1H3;;. The van der Waals surface area contributed by atoms with Crippen molar-refractivity contribution in [3.05, 3.63) is 36.0 Å². The van der Waals surface area contributed by atoms with Crippen LogP contribution in [0.2, 0.25) is 0 Å². The van der Waals surface area contributed by atoms with Crippen molar-refractivity contribution in [3.63, 3.8) is 0 Å². The first-order valence-corrected chi connectivity index (χ1v) is 3.83. The Morgan fingerprint density at radius 2 is 1.86 bits per heavy atom. The maximum atomic E-state index is 9.43. The summed E-state index contributed by atoms with van der Waals surface area (Å²) in [4.78, 5) is 4.23. The van der Waals surface area contributed by atoms with Gasteiger partial charge < -0.3 is 5.11 Å². The Bertz CT molecular complexity index is 433. The van der Waals surface area contributed by atoms with Crippen LogP contribution in [-0.2, 0) is 0 Å². The molecule has 0 unspecified atom stereocenters. The van der Waals surface area contributed by atoms with Gasteiger partial charge in [-0.3, -0.25) is 0 Å². The summed E-state index contributed by atoms with van der Waals surface area (Å²) in [5.74, 6) is 0.246. The van der Waals surface area contributed by atoms with Crippen LogP contribution in [0.15, 0.2) is 30.3 Å². The van der Waals surface area contributed by atoms with Crippen LogP contribution in [0.3, 0.4) is 0 Å². The Morgan fingerprint density at radius 3 is 2.57 bits per heavy atom. The van der Waals surface area contributed by atoms with E-state index in [-0.39, 0.29) is 33.0 Å². The number of phenolic OH excluding ortho intramolecular Hbond substituents is 1. The summed E-state index contributed by atoms with van der Waals surface area (Å²) < 4.78 is 0. The molecule has 1 aromatic carbocycles. The molecule has 0 saturated carbocycles. The van der Waals surface area contributed by atoms with Gasteiger partial charge in [-0.15, -0.1) is 0 Å². The van der Waals surface area contributed by atoms with Gasteiger partial charge in [0.2, 0.25) is 0 Å². The van der Waals surface area contributed by atoms with E-state index in [1.54, 1.807) is 6.07 Å². The third-order valence-electron chi connectivity index (χ3n) is 1.84. The van der Waals surface area contributed by atoms with Crippen LogP contribution in [0.1, 0.15) is 5.69 Å². The zero-order valence-electron chi connectivity index (χ0n) is 8.36. The normalized spacial score (nSPS) is 8.93. The van der Waals surface area contributed by atoms with Crippen LogP contribution < -0.4 is 0 Å². The Balaban J connectivity index is 0.000000845. The number of aromatic hydroxyl groups is 1. The molecule has 2 rings (SSSR count). The van der Waals surface area contributed by atoms with Crippen LogP contribution in [0.5, 0.6) is 5.75 Å². The molecule has 0 amide bonds. The van der Waals surface area contributed by atoms with Gasteiger partial charge in [0.25, 0.3) is 0 Å². The summed E-state index contributed by atoms with van der Waals surface area (Å²) in [5.41, 5.74) is 1.60. The molecule has 4 radical (unpaired) electrons. The van der Waals surface area contributed by atoms with Gasteiger partial charge in [0.05, 0.1) is 0 Å². The van der Waals surface area contributed by atoms with Gasteiger partial charge >= 0.3 is 0 Å². The molecule has 0 aliphatic rings. The first-order chi connectivity index (χ1) is 5.77. The molecule has 1 heterocycles. The number of aromatic nitrogens is 1. The van der Waals surface area contributed by atoms with Crippen molar-refractivity contribution >= 4 is 38.2 Å². The number of phenols is 1. The van der Waals surface area contributed by atoms with Crippen molar-refractivity contribution in [2.24, 2.45) is 0 Å². The largest absolute Gasteiger partial charge is 0.506 e. The SMILES string of the molecule is Cc1ccc2cccc(O)c2n1.[B].[Li]. The average Bonchev–Trinajstić information content (AvgIpc) is 2.07. The van der Waals surface area contributed by atoms with E-state index in [2.05, 4.69) is 4.98 Å². The molecule has 1 aromatic heterocycles. The summed E-state index contributed by atoms with van der Waals surface area (Å²) in [6, 6.07) is 9.28. The van der Waals surface area contributed by atoms with Gasteiger partial charge in [-0.25, -0.2) is 4.98 Å². The molecular formula is C10H9BLiNO. The van der Waals surface area contributed by atoms with E-state index in [0.29, 0.717) is 5.52 Å². The van der Waals surface area contributed by atoms with Gasteiger partial charge in [0.1, 0.15) is 11.3 Å². The summed E-state index contributed by atoms with van der Waals surface area (Å²) in [5, 5.41) is 10.4. The van der Waals surface area contributed by atoms with Crippen LogP contribution in [-0.4, -0.2) is 37.4 Å². The third-order valence-corrected chi connectivity index (χ3v) is 1.84. The summed E-state index contributed by atoms with van der Waals surface area (Å²) in [6.07, 6.45) is 0. The fourth-order valence-corrected chi connectivity index (χ4v) is 1.23. The van der Waals surface area contributed by atoms with Gasteiger partial charge in [-0.2, -0.15) is 0 Å². The molecule has 4 heteroatoms. The average molecular weight is 177 g/mol. The Morgan fingerprint density at radius 1 is 1.14 bits per heavy atom. The summed E-state index contributed by atoms with van der Waals surface area (Å²) >= 11 is 0. The number of hydrogen-bond donors (Lipinski definition) is 1. The zero-order chi connectivity index (χ0) is 8.55. The number of nitrogens with zero attached hydrogens (tertiary/aromatic N) is 1. The monoisotopic (exact) mass is 177 g/mol. The molecule has 2 nitrogen and oxygen atoms in total. The fraction of sp³-hybridized carbons (Fsp3) is 0.100. The Kier molecular flexibility index (Phi) is 4.76. The molecule has 0 aliphatic carbocycles. The van der Waals surface area contributed by atoms with E-state index >= 15 is 0 Å². The minimum Gasteiger partial charge on any atom is -0.506 e. The second-order valence-electron chi connectivity index (χ2n) is 2.80. The second-order valence-corrected chi connectivity index (χ2v) is 2.80. The van der Waals surface area contributed by atoms with Gasteiger partial charge in [0.15, 0.2) is 0 Å². The molecule has 0 aliphatic heterocycles. The minimum absolute atomic E-state index is 0. The van der Waals surface area contributed by atoms with Crippen LogP contribution in [0.4, 0.5) is 0 Å². The van der Waals surface area contributed by atoms with Crippen molar-refractivity contribution in [1.82, 2.24) is 4.98 Å². The number of fused-ring (bicyclic) bond motifs is 1. The fourth-order valence-electron chi connectivity index (χ4n) is 1.23. The molecule has 0 bridgehead atoms. The number of hydrogen-bond acceptors (Lipinski definition) is 2. The maximum absolute atomic E-state index is 9.43. The van der Waals surface area contributed by atoms with E-state index in [1.165, 1.54) is 0 Å². The predicted molar refractivity (Wildman–Crippen MR) is 59.7 cm³/mol. The number of pyridine rings is 1. The van der Waals surface area contributed by atoms with Crippen molar-refractivity contribution in [2.45, 2.75) is 6.92 Å². The van der Waals surface area contributed by atoms with Crippen LogP contribution in [0.25, 0.3) is 10.9 Å². The van der Waals surface area contributed by atoms with Gasteiger partial charge in [-0.1, -0.05) is 18.2 Å². The van der Waals surface area contributed by atoms with E-state index < -0.39 is 0 Å². The van der Waals surface area contributed by atoms with E-state index in [1.807, 2.05) is 31.2 Å². The van der Waals surface area contributed by atoms with Gasteiger partial charge in [-0.05, 0) is 19.1 Å². The molecule has 2 aromatic rings. The quantitative estimate of drug-likeness (QED) is 0.618. The molecular weight excluding hydrogens is 168 g/mol. The third kappa shape index (κ3) is 2.31. The van der Waals surface area contributed by atoms with Gasteiger partial charge in [0, 0.05) is 38.4 Å². The Labute approximate surface area is 97.1 Å². The van der Waals surface area contributed by atoms with E-state index in [9.17, 15) is 5.11 Å². The molecule has 0 spiro atoms. The second kappa shape index (κ2) is 5.09. The topological polar surface area (TPSA) is 33.1 Å². The zero-order valence-corrected chi connectivity index (χ0v) is 8.36. The predicted octanol–water partition coefficient (Wildman–Crippen LogP) is 1.49. The molecule has 0 atom stereocenters. The van der Waals surface area contributed by atoms with Crippen molar-refractivity contribution in [1.29, 1.82) is 0 Å². The van der Waals surface area contributed by atoms with Crippen molar-refractivity contribution in [3.8, 4) is 5.75 Å². The molecule has 1 N–H and O–H groups in total. The van der Waals surface area contributed by atoms with Crippen molar-refractivity contribution < 1.29 is 5.11 Å². The Hall–Kier alpha value is -0.908. The van der Waals surface area contributed by atoms with Crippen molar-refractivity contribution in [2.75, 3.05) is 0 Å². The van der Waals surface area contributed by atoms with Crippen LogP contribution >= 0.6 is 0 Å². The first-order valence-electron chi connectivity index (χ1n) is 3.83. The molecule has 0 saturated heterocycles. The molecule has 14 heavy (non-hydrogen) atoms. The van der Waals surface area contributed by atoms with Crippen LogP contribution in [0, 0.1) is 6.92 Å². The van der Waals surface area contributed by atoms with E-state index in [0.717, 1.165) is 11.1 Å². The van der Waals surface area contributed by atoms with E-state index in [4.69, 9.17) is 0 Å². The maximum Gasteiger partial charge on any atom is 0.141 e. The number of rotatable bonds is 0. The number of aryl methyl sites for hydroxylation is 1. The first kappa shape index (κ1) is 13.1. The minimum atomic E-state index is 0.